The fourth-order valence-electron chi connectivity index (χ4n) is 14.4. The van der Waals surface area contributed by atoms with Crippen LogP contribution in [0.4, 0.5) is 29.4 Å². The van der Waals surface area contributed by atoms with Gasteiger partial charge in [-0.15, -0.1) is 114 Å². The largest absolute Gasteiger partial charge is 0.456 e. The summed E-state index contributed by atoms with van der Waals surface area (Å²) in [5, 5.41) is 58.5. The number of carbonyl (C=O) groups excluding carboxylic acids is 4. The lowest BCUT2D eigenvalue weighted by Crippen LogP contribution is -2.48. The minimum absolute atomic E-state index is 0.00187. The molecule has 8 aromatic rings. The summed E-state index contributed by atoms with van der Waals surface area (Å²) in [4.78, 5) is 70.4. The zero-order valence-corrected chi connectivity index (χ0v) is 88.7. The number of nitrogens with zero attached hydrogens (tertiary/aromatic N) is 8. The standard InChI is InChI=1S/C34H41ClN4O4S3Si.C32H46ClN3O6S2Si.C28H37ClN4O4S2Si/c1-39(14-17-43-34(40)37-13-16-42-19-18-41-15-9-5-4-8-12-35)30-22-29-32(46-30)31-28(47(29,2)3)21-25(44-31)20-24(23-36)33-38-26-10-6-7-11-27(26)45-33;1-32(2,3)42-30(37)23(22-34)19-24-20-25-28(43-24)29-26(45(25,5)6)21-27(44-29)36(4)13-16-41-31(38)35-12-15-40-18-17-39-14-10-8-7-9-11-33;1-33(10-13-37-28(34)32-9-12-36-15-14-35-11-7-5-4-6-8-29)25-18-24-27(39-25)26-23(40(24,2)3)17-22(38-26)16-21(19-30)20-31/h6-7,10-11,20-22H,4-5,8-9,12-19H2,1-3H3,(H,37,40);19-21H,7-18H2,1-6H3,(H,35,38);16-18H,4-15H2,1-3H3,(H,32,34)/b24-20+;23-19+;. The first-order valence-corrected chi connectivity index (χ1v) is 61.0. The SMILES string of the molecule is CN(CCOC(=O)NCCOCCOCCCCCCCl)c1cc2c(s1)-c1sc(/C=C(\C#N)C(=O)OC(C)(C)C)cc1[Si]2(C)C.CN(CCOC(=O)NCCOCCOCCCCCCCl)c1cc2c(s1)-c1sc(/C=C(\C#N)c3nc4ccccc4s3)cc1[Si]2(C)C.CN(CCOC(=O)NCCOCCOCCCCCCCl)c1cc2c(s1)-c1sc(C=C(C#N)C#N)cc1[Si]2(C)C. The molecule has 3 aliphatic heterocycles. The Hall–Kier alpha value is -7.55. The summed E-state index contributed by atoms with van der Waals surface area (Å²) in [5.41, 5.74) is 0.965. The number of nitriles is 4. The van der Waals surface area contributed by atoms with E-state index in [1.54, 1.807) is 112 Å². The number of fused-ring (bicyclic) bond motifs is 10. The van der Waals surface area contributed by atoms with Crippen LogP contribution >= 0.6 is 114 Å². The van der Waals surface area contributed by atoms with Gasteiger partial charge in [0.25, 0.3) is 0 Å². The van der Waals surface area contributed by atoms with Gasteiger partial charge >= 0.3 is 24.2 Å². The van der Waals surface area contributed by atoms with Crippen LogP contribution in [0.2, 0.25) is 39.3 Å². The van der Waals surface area contributed by atoms with E-state index >= 15 is 0 Å². The zero-order valence-electron chi connectivity index (χ0n) is 77.7. The minimum atomic E-state index is -1.95. The summed E-state index contributed by atoms with van der Waals surface area (Å²) in [6, 6.07) is 29.7. The van der Waals surface area contributed by atoms with Crippen molar-refractivity contribution in [3.8, 4) is 53.5 Å². The predicted molar refractivity (Wildman–Crippen MR) is 555 cm³/mol. The number of benzene rings is 1. The number of rotatable bonds is 53. The Labute approximate surface area is 823 Å². The molecular formula is C94H124Cl3N11O14S7Si3. The number of esters is 1. The molecule has 3 amide bonds. The highest BCUT2D eigenvalue weighted by Gasteiger charge is 2.44. The van der Waals surface area contributed by atoms with Crippen molar-refractivity contribution in [3.63, 3.8) is 0 Å². The van der Waals surface area contributed by atoms with Gasteiger partial charge in [0.1, 0.15) is 90.1 Å². The van der Waals surface area contributed by atoms with Gasteiger partial charge < -0.3 is 78.0 Å². The second-order valence-electron chi connectivity index (χ2n) is 34.1. The lowest BCUT2D eigenvalue weighted by Gasteiger charge is -2.19. The number of unbranched alkanes of at least 4 members (excludes halogenated alkanes) is 9. The molecule has 38 heteroatoms. The van der Waals surface area contributed by atoms with Gasteiger partial charge in [0, 0.05) is 122 Å². The van der Waals surface area contributed by atoms with E-state index in [4.69, 9.17) is 97.7 Å². The molecule has 714 valence electrons. The number of hydrogen-bond acceptors (Lipinski definition) is 29. The number of allylic oxidation sites excluding steroid dienone is 2. The maximum atomic E-state index is 12.5. The van der Waals surface area contributed by atoms with Crippen LogP contribution in [0.3, 0.4) is 0 Å². The first-order chi connectivity index (χ1) is 63.5. The second-order valence-corrected chi connectivity index (χ2v) is 55.6. The van der Waals surface area contributed by atoms with Crippen molar-refractivity contribution in [3.05, 3.63) is 91.4 Å². The fourth-order valence-corrected chi connectivity index (χ4v) is 37.3. The van der Waals surface area contributed by atoms with Crippen LogP contribution in [0.1, 0.15) is 117 Å². The van der Waals surface area contributed by atoms with Crippen molar-refractivity contribution in [2.45, 2.75) is 143 Å². The molecule has 3 aliphatic rings. The number of halogens is 3. The molecule has 3 N–H and O–H groups in total. The molecule has 132 heavy (non-hydrogen) atoms. The molecular weight excluding hydrogens is 1920 g/mol. The van der Waals surface area contributed by atoms with Gasteiger partial charge in [-0.3, -0.25) is 0 Å². The predicted octanol–water partition coefficient (Wildman–Crippen LogP) is 18.2. The van der Waals surface area contributed by atoms with E-state index in [1.165, 1.54) is 60.4 Å². The summed E-state index contributed by atoms with van der Waals surface area (Å²) in [7, 11) is 0.326. The summed E-state index contributed by atoms with van der Waals surface area (Å²) in [5.74, 6) is 1.55. The summed E-state index contributed by atoms with van der Waals surface area (Å²) < 4.78 is 55.8. The monoisotopic (exact) mass is 2040 g/mol. The molecule has 0 fully saturated rings. The molecule has 0 saturated carbocycles. The number of aromatic nitrogens is 1. The molecule has 0 unspecified atom stereocenters. The normalized spacial score (nSPS) is 13.2. The van der Waals surface area contributed by atoms with Crippen molar-refractivity contribution in [1.29, 1.82) is 21.0 Å². The first-order valence-electron chi connectivity index (χ1n) is 44.7. The minimum Gasteiger partial charge on any atom is -0.456 e. The maximum absolute atomic E-state index is 12.5. The summed E-state index contributed by atoms with van der Waals surface area (Å²) in [6.07, 6.45) is 17.1. The van der Waals surface area contributed by atoms with E-state index < -0.39 is 54.1 Å². The third kappa shape index (κ3) is 32.3. The van der Waals surface area contributed by atoms with Crippen LogP contribution in [0.25, 0.3) is 63.3 Å². The van der Waals surface area contributed by atoms with Crippen molar-refractivity contribution >= 4 is 243 Å². The molecule has 25 nitrogen and oxygen atoms in total. The van der Waals surface area contributed by atoms with Gasteiger partial charge in [-0.05, 0) is 157 Å². The molecule has 1 aromatic carbocycles. The molecule has 0 spiro atoms. The van der Waals surface area contributed by atoms with Crippen LogP contribution in [0.5, 0.6) is 0 Å². The van der Waals surface area contributed by atoms with Crippen LogP contribution < -0.4 is 61.8 Å². The molecule has 0 radical (unpaired) electrons. The number of nitrogens with one attached hydrogen (secondary N) is 3. The highest BCUT2D eigenvalue weighted by Crippen LogP contribution is 2.46. The number of ether oxygens (including phenoxy) is 10. The summed E-state index contributed by atoms with van der Waals surface area (Å²) >= 11 is 28.8. The Kier molecular flexibility index (Phi) is 45.0. The van der Waals surface area contributed by atoms with Gasteiger partial charge in [-0.25, -0.2) is 24.2 Å². The van der Waals surface area contributed by atoms with Crippen molar-refractivity contribution in [1.82, 2.24) is 20.9 Å². The lowest BCUT2D eigenvalue weighted by atomic mass is 10.2. The number of thiazole rings is 1. The van der Waals surface area contributed by atoms with Crippen molar-refractivity contribution in [2.75, 3.05) is 192 Å². The smallest absolute Gasteiger partial charge is 0.407 e. The number of likely N-dealkylation sites (N-methyl/N-ethyl adjacent to an activating group) is 3. The second kappa shape index (κ2) is 55.0. The first kappa shape index (κ1) is 108. The van der Waals surface area contributed by atoms with E-state index in [1.807, 2.05) is 69.7 Å². The number of anilines is 3. The van der Waals surface area contributed by atoms with Gasteiger partial charge in [0.15, 0.2) is 0 Å². The molecule has 10 heterocycles. The number of hydrogen-bond donors (Lipinski definition) is 3. The molecule has 0 atom stereocenters. The lowest BCUT2D eigenvalue weighted by molar-refractivity contribution is -0.149. The number of carbonyl (C=O) groups is 4. The van der Waals surface area contributed by atoms with E-state index in [0.29, 0.717) is 104 Å². The molecule has 0 saturated heterocycles. The Morgan fingerprint density at radius 3 is 1.08 bits per heavy atom. The quantitative estimate of drug-likeness (QED) is 0.00606. The van der Waals surface area contributed by atoms with Gasteiger partial charge in [-0.2, -0.15) is 21.0 Å². The highest BCUT2D eigenvalue weighted by atomic mass is 35.5. The number of para-hydroxylation sites is 1. The van der Waals surface area contributed by atoms with Crippen LogP contribution in [-0.2, 0) is 52.2 Å². The highest BCUT2D eigenvalue weighted by molar-refractivity contribution is 7.32. The van der Waals surface area contributed by atoms with Gasteiger partial charge in [-0.1, -0.05) is 89.9 Å². The van der Waals surface area contributed by atoms with Crippen molar-refractivity contribution in [2.24, 2.45) is 0 Å². The number of alkyl halides is 3. The molecule has 0 aliphatic carbocycles. The topological polar surface area (TPSA) is 314 Å². The summed E-state index contributed by atoms with van der Waals surface area (Å²) in [6.45, 7) is 29.7. The fraction of sp³-hybridized carbons (Fsp3) is 0.521. The van der Waals surface area contributed by atoms with E-state index in [-0.39, 0.29) is 31.0 Å². The van der Waals surface area contributed by atoms with Crippen LogP contribution in [0.15, 0.2) is 71.8 Å². The third-order valence-electron chi connectivity index (χ3n) is 21.8. The number of thiophene rings is 6. The van der Waals surface area contributed by atoms with Gasteiger partial charge in [0.05, 0.1) is 110 Å². The van der Waals surface area contributed by atoms with Crippen LogP contribution in [-0.4, -0.2) is 236 Å². The van der Waals surface area contributed by atoms with Crippen LogP contribution in [0, 0.1) is 45.3 Å². The van der Waals surface area contributed by atoms with E-state index in [0.717, 1.165) is 159 Å². The third-order valence-corrected chi connectivity index (χ3v) is 42.7. The average molecular weight is 2050 g/mol. The number of amides is 3. The Bertz CT molecular complexity index is 5310. The van der Waals surface area contributed by atoms with E-state index in [2.05, 4.69) is 112 Å². The molecule has 11 rings (SSSR count). The average Bonchev–Trinajstić information content (AvgIpc) is 1.57. The van der Waals surface area contributed by atoms with E-state index in [9.17, 15) is 29.7 Å². The Morgan fingerprint density at radius 1 is 0.409 bits per heavy atom. The molecule has 0 bridgehead atoms. The zero-order chi connectivity index (χ0) is 95.2. The number of alkyl carbamates (subject to hydrolysis) is 3. The Balaban J connectivity index is 0.000000224. The van der Waals surface area contributed by atoms with Gasteiger partial charge in [0.2, 0.25) is 0 Å². The molecule has 7 aromatic heterocycles. The maximum Gasteiger partial charge on any atom is 0.407 e. The van der Waals surface area contributed by atoms with Crippen molar-refractivity contribution < 1.29 is 66.5 Å². The Morgan fingerprint density at radius 2 is 0.742 bits per heavy atom.